The van der Waals surface area contributed by atoms with Crippen LogP contribution in [0.15, 0.2) is 41.6 Å². The van der Waals surface area contributed by atoms with Gasteiger partial charge in [0.2, 0.25) is 0 Å². The summed E-state index contributed by atoms with van der Waals surface area (Å²) in [4.78, 5) is 32.9. The highest BCUT2D eigenvalue weighted by molar-refractivity contribution is 5.80. The largest absolute Gasteiger partial charge is 0.310 e. The molecule has 0 aliphatic heterocycles. The molecule has 33 heavy (non-hydrogen) atoms. The van der Waals surface area contributed by atoms with Crippen molar-refractivity contribution in [2.24, 2.45) is 0 Å². The molecule has 0 amide bonds. The van der Waals surface area contributed by atoms with E-state index in [9.17, 15) is 18.8 Å². The predicted octanol–water partition coefficient (Wildman–Crippen LogP) is 3.38. The molecule has 1 N–H and O–H groups in total. The summed E-state index contributed by atoms with van der Waals surface area (Å²) in [7, 11) is 0. The number of hydrogen-bond acceptors (Lipinski definition) is 7. The lowest BCUT2D eigenvalue weighted by Crippen LogP contribution is -2.28. The Morgan fingerprint density at radius 3 is 2.55 bits per heavy atom. The highest BCUT2D eigenvalue weighted by atomic mass is 19.3. The first kappa shape index (κ1) is 20.8. The predicted molar refractivity (Wildman–Crippen MR) is 113 cm³/mol. The van der Waals surface area contributed by atoms with Crippen molar-refractivity contribution in [1.82, 2.24) is 34.7 Å². The average Bonchev–Trinajstić information content (AvgIpc) is 3.18. The zero-order valence-electron chi connectivity index (χ0n) is 17.5. The topological polar surface area (TPSA) is 126 Å². The number of aromatic nitrogens is 7. The zero-order chi connectivity index (χ0) is 23.1. The molecular weight excluding hydrogens is 430 g/mol. The fourth-order valence-corrected chi connectivity index (χ4v) is 4.16. The number of hydrogen-bond donors (Lipinski definition) is 1. The van der Waals surface area contributed by atoms with Gasteiger partial charge < -0.3 is 4.98 Å². The van der Waals surface area contributed by atoms with Gasteiger partial charge in [-0.3, -0.25) is 9.78 Å². The van der Waals surface area contributed by atoms with Crippen LogP contribution in [-0.2, 0) is 0 Å². The van der Waals surface area contributed by atoms with E-state index in [1.807, 2.05) is 6.07 Å². The average molecular weight is 448 g/mol. The maximum atomic E-state index is 12.9. The summed E-state index contributed by atoms with van der Waals surface area (Å²) < 4.78 is 27.2. The van der Waals surface area contributed by atoms with Gasteiger partial charge in [-0.2, -0.15) is 10.4 Å². The molecule has 0 unspecified atom stereocenters. The van der Waals surface area contributed by atoms with Gasteiger partial charge in [-0.05, 0) is 37.5 Å². The van der Waals surface area contributed by atoms with Crippen LogP contribution < -0.4 is 5.56 Å². The SMILES string of the molecule is C[C@H](c1ccc(C(F)F)nc1)n1nc(C#N)c2c(=O)[nH]c([C@@H]3CC[C@@H]3c3ncccn3)nc21. The lowest BCUT2D eigenvalue weighted by atomic mass is 9.72. The van der Waals surface area contributed by atoms with Crippen molar-refractivity contribution >= 4 is 11.0 Å². The fraction of sp³-hybridized carbons (Fsp3) is 0.318. The summed E-state index contributed by atoms with van der Waals surface area (Å²) in [6, 6.07) is 5.97. The van der Waals surface area contributed by atoms with Crippen LogP contribution in [0.3, 0.4) is 0 Å². The van der Waals surface area contributed by atoms with Crippen LogP contribution in [0.5, 0.6) is 0 Å². The Balaban J connectivity index is 1.58. The summed E-state index contributed by atoms with van der Waals surface area (Å²) in [5.74, 6) is 1.14. The lowest BCUT2D eigenvalue weighted by Gasteiger charge is -2.34. The van der Waals surface area contributed by atoms with Gasteiger partial charge in [0, 0.05) is 30.4 Å². The quantitative estimate of drug-likeness (QED) is 0.496. The Hall–Kier alpha value is -4.07. The van der Waals surface area contributed by atoms with Crippen LogP contribution in [0.1, 0.15) is 72.7 Å². The summed E-state index contributed by atoms with van der Waals surface area (Å²) in [5, 5.41) is 13.9. The van der Waals surface area contributed by atoms with Crippen LogP contribution in [0.25, 0.3) is 11.0 Å². The van der Waals surface area contributed by atoms with Crippen molar-refractivity contribution in [3.8, 4) is 6.07 Å². The molecule has 0 spiro atoms. The summed E-state index contributed by atoms with van der Waals surface area (Å²) in [6.07, 6.45) is 3.72. The molecule has 5 rings (SSSR count). The lowest BCUT2D eigenvalue weighted by molar-refractivity contribution is 0.146. The van der Waals surface area contributed by atoms with E-state index >= 15 is 0 Å². The Morgan fingerprint density at radius 1 is 1.18 bits per heavy atom. The Bertz CT molecular complexity index is 1410. The van der Waals surface area contributed by atoms with Crippen LogP contribution in [0.4, 0.5) is 8.78 Å². The number of H-pyrrole nitrogens is 1. The number of fused-ring (bicyclic) bond motifs is 1. The van der Waals surface area contributed by atoms with E-state index in [1.54, 1.807) is 25.4 Å². The summed E-state index contributed by atoms with van der Waals surface area (Å²) >= 11 is 0. The Labute approximate surface area is 186 Å². The maximum Gasteiger partial charge on any atom is 0.280 e. The minimum absolute atomic E-state index is 0.0297. The van der Waals surface area contributed by atoms with Crippen LogP contribution >= 0.6 is 0 Å². The van der Waals surface area contributed by atoms with Crippen molar-refractivity contribution in [2.45, 2.75) is 44.1 Å². The molecule has 3 atom stereocenters. The van der Waals surface area contributed by atoms with Gasteiger partial charge in [0.15, 0.2) is 11.3 Å². The molecular formula is C22H18F2N8O. The minimum atomic E-state index is -2.67. The van der Waals surface area contributed by atoms with E-state index in [0.29, 0.717) is 17.2 Å². The first-order valence-electron chi connectivity index (χ1n) is 10.4. The monoisotopic (exact) mass is 448 g/mol. The molecule has 4 aromatic heterocycles. The van der Waals surface area contributed by atoms with Crippen molar-refractivity contribution in [3.63, 3.8) is 0 Å². The molecule has 0 saturated heterocycles. The van der Waals surface area contributed by atoms with Gasteiger partial charge >= 0.3 is 0 Å². The first-order valence-corrected chi connectivity index (χ1v) is 10.4. The van der Waals surface area contributed by atoms with Crippen molar-refractivity contribution in [1.29, 1.82) is 5.26 Å². The zero-order valence-corrected chi connectivity index (χ0v) is 17.5. The van der Waals surface area contributed by atoms with Gasteiger partial charge in [0.05, 0.1) is 6.04 Å². The molecule has 4 aromatic rings. The molecule has 1 saturated carbocycles. The first-order chi connectivity index (χ1) is 16.0. The number of alkyl halides is 2. The number of rotatable bonds is 5. The normalized spacial score (nSPS) is 18.8. The molecule has 4 heterocycles. The molecule has 0 bridgehead atoms. The van der Waals surface area contributed by atoms with Crippen molar-refractivity contribution in [2.75, 3.05) is 0 Å². The smallest absolute Gasteiger partial charge is 0.280 e. The molecule has 0 radical (unpaired) electrons. The van der Waals surface area contributed by atoms with Gasteiger partial charge in [0.1, 0.15) is 28.8 Å². The van der Waals surface area contributed by atoms with Crippen LogP contribution in [-0.4, -0.2) is 34.7 Å². The summed E-state index contributed by atoms with van der Waals surface area (Å²) in [5.41, 5.74) is 0.0261. The van der Waals surface area contributed by atoms with E-state index in [4.69, 9.17) is 4.98 Å². The third kappa shape index (κ3) is 3.53. The Kier molecular flexibility index (Phi) is 5.12. The molecule has 9 nitrogen and oxygen atoms in total. The number of pyridine rings is 1. The third-order valence-electron chi connectivity index (χ3n) is 6.11. The van der Waals surface area contributed by atoms with E-state index in [0.717, 1.165) is 12.8 Å². The summed E-state index contributed by atoms with van der Waals surface area (Å²) in [6.45, 7) is 1.78. The van der Waals surface area contributed by atoms with Crippen LogP contribution in [0.2, 0.25) is 0 Å². The fourth-order valence-electron chi connectivity index (χ4n) is 4.16. The number of aromatic amines is 1. The van der Waals surface area contributed by atoms with Crippen LogP contribution in [0, 0.1) is 11.3 Å². The highest BCUT2D eigenvalue weighted by Crippen LogP contribution is 2.46. The molecule has 166 valence electrons. The van der Waals surface area contributed by atoms with Crippen molar-refractivity contribution in [3.05, 3.63) is 75.7 Å². The molecule has 11 heteroatoms. The molecule has 1 aliphatic carbocycles. The van der Waals surface area contributed by atoms with Gasteiger partial charge in [0.25, 0.3) is 12.0 Å². The third-order valence-corrected chi connectivity index (χ3v) is 6.11. The maximum absolute atomic E-state index is 12.9. The van der Waals surface area contributed by atoms with Crippen molar-refractivity contribution < 1.29 is 8.78 Å². The van der Waals surface area contributed by atoms with E-state index in [2.05, 4.69) is 25.0 Å². The number of nitriles is 1. The minimum Gasteiger partial charge on any atom is -0.310 e. The standard InChI is InChI=1S/C22H18F2N8O/c1-11(12-3-6-15(18(23)24)28-10-12)32-21-17(16(9-25)31-32)22(33)30-20(29-21)14-5-4-13(14)19-26-7-2-8-27-19/h2-3,6-8,10-11,13-14,18H,4-5H2,1H3,(H,29,30,33)/t11-,13+,14-/m1/s1. The number of halogens is 2. The number of nitrogens with one attached hydrogen (secondary N) is 1. The van der Waals surface area contributed by atoms with E-state index in [1.165, 1.54) is 23.0 Å². The van der Waals surface area contributed by atoms with E-state index in [-0.39, 0.29) is 34.3 Å². The second kappa shape index (κ2) is 8.12. The highest BCUT2D eigenvalue weighted by Gasteiger charge is 2.37. The number of nitrogens with zero attached hydrogens (tertiary/aromatic N) is 7. The van der Waals surface area contributed by atoms with E-state index < -0.39 is 18.0 Å². The van der Waals surface area contributed by atoms with Gasteiger partial charge in [-0.15, -0.1) is 0 Å². The molecule has 0 aromatic carbocycles. The van der Waals surface area contributed by atoms with Gasteiger partial charge in [-0.1, -0.05) is 6.07 Å². The second-order valence-corrected chi connectivity index (χ2v) is 7.95. The van der Waals surface area contributed by atoms with Gasteiger partial charge in [-0.25, -0.2) is 28.4 Å². The molecule has 1 fully saturated rings. The Morgan fingerprint density at radius 2 is 1.94 bits per heavy atom. The molecule has 1 aliphatic rings. The second-order valence-electron chi connectivity index (χ2n) is 7.95.